The number of fused-ring (bicyclic) bond motifs is 1. The lowest BCUT2D eigenvalue weighted by atomic mass is 10.1. The van der Waals surface area contributed by atoms with Gasteiger partial charge in [0.2, 0.25) is 0 Å². The molecule has 0 heterocycles. The van der Waals surface area contributed by atoms with E-state index in [4.69, 9.17) is 4.74 Å². The molecule has 0 spiro atoms. The Morgan fingerprint density at radius 2 is 1.93 bits per heavy atom. The highest BCUT2D eigenvalue weighted by Crippen LogP contribution is 2.19. The summed E-state index contributed by atoms with van der Waals surface area (Å²) in [5.41, 5.74) is 0. The summed E-state index contributed by atoms with van der Waals surface area (Å²) in [6, 6.07) is 15.5. The van der Waals surface area contributed by atoms with Crippen molar-refractivity contribution < 1.29 is 4.74 Å². The van der Waals surface area contributed by atoms with Crippen LogP contribution in [0.1, 0.15) is 13.8 Å². The average Bonchev–Trinajstić information content (AvgIpc) is 2.26. The molecule has 2 aromatic rings. The van der Waals surface area contributed by atoms with Crippen LogP contribution in [0.3, 0.4) is 0 Å². The van der Waals surface area contributed by atoms with Crippen LogP contribution in [0.5, 0.6) is 5.75 Å². The zero-order valence-corrected chi connectivity index (χ0v) is 9.16. The van der Waals surface area contributed by atoms with E-state index in [1.165, 1.54) is 5.39 Å². The van der Waals surface area contributed by atoms with Crippen molar-refractivity contribution in [3.8, 4) is 5.75 Å². The van der Waals surface area contributed by atoms with Crippen molar-refractivity contribution in [2.45, 2.75) is 13.8 Å². The van der Waals surface area contributed by atoms with Crippen molar-refractivity contribution >= 4 is 10.8 Å². The predicted octanol–water partition coefficient (Wildman–Crippen LogP) is 3.67. The minimum absolute atomic E-state index is 0.546. The third-order valence-corrected chi connectivity index (χ3v) is 2.21. The fourth-order valence-corrected chi connectivity index (χ4v) is 1.44. The van der Waals surface area contributed by atoms with E-state index in [0.717, 1.165) is 17.7 Å². The van der Waals surface area contributed by atoms with Gasteiger partial charge < -0.3 is 4.74 Å². The second-order valence-electron chi connectivity index (χ2n) is 4.11. The molecular formula is C14H15O. The van der Waals surface area contributed by atoms with E-state index in [9.17, 15) is 0 Å². The fraction of sp³-hybridized carbons (Fsp3) is 0.286. The highest BCUT2D eigenvalue weighted by atomic mass is 16.5. The molecule has 0 aromatic heterocycles. The van der Waals surface area contributed by atoms with Crippen LogP contribution < -0.4 is 4.74 Å². The number of hydrogen-bond acceptors (Lipinski definition) is 1. The topological polar surface area (TPSA) is 9.23 Å². The fourth-order valence-electron chi connectivity index (χ4n) is 1.44. The maximum Gasteiger partial charge on any atom is 0.127 e. The molecule has 0 bridgehead atoms. The molecule has 0 N–H and O–H groups in total. The smallest absolute Gasteiger partial charge is 0.127 e. The van der Waals surface area contributed by atoms with E-state index >= 15 is 0 Å². The Bertz CT molecular complexity index is 446. The van der Waals surface area contributed by atoms with E-state index in [1.807, 2.05) is 18.2 Å². The highest BCUT2D eigenvalue weighted by molar-refractivity contribution is 5.83. The first-order chi connectivity index (χ1) is 7.25. The van der Waals surface area contributed by atoms with Gasteiger partial charge in [-0.3, -0.25) is 0 Å². The summed E-state index contributed by atoms with van der Waals surface area (Å²) in [5, 5.41) is 2.31. The molecule has 0 saturated carbocycles. The van der Waals surface area contributed by atoms with Gasteiger partial charge in [0.05, 0.1) is 6.61 Å². The molecule has 0 aliphatic heterocycles. The Labute approximate surface area is 90.7 Å². The van der Waals surface area contributed by atoms with E-state index in [0.29, 0.717) is 5.92 Å². The number of rotatable bonds is 3. The molecule has 0 fully saturated rings. The van der Waals surface area contributed by atoms with Gasteiger partial charge in [0.1, 0.15) is 5.75 Å². The van der Waals surface area contributed by atoms with Crippen molar-refractivity contribution in [1.29, 1.82) is 0 Å². The van der Waals surface area contributed by atoms with Crippen molar-refractivity contribution in [3.05, 3.63) is 42.5 Å². The second-order valence-corrected chi connectivity index (χ2v) is 4.11. The summed E-state index contributed by atoms with van der Waals surface area (Å²) in [4.78, 5) is 0. The van der Waals surface area contributed by atoms with Gasteiger partial charge >= 0.3 is 0 Å². The van der Waals surface area contributed by atoms with Crippen LogP contribution in [-0.4, -0.2) is 6.61 Å². The Kier molecular flexibility index (Phi) is 2.91. The summed E-state index contributed by atoms with van der Waals surface area (Å²) in [7, 11) is 0. The molecule has 0 aliphatic carbocycles. The molecule has 1 heteroatoms. The minimum atomic E-state index is 0.546. The van der Waals surface area contributed by atoms with Crippen LogP contribution in [0.15, 0.2) is 36.4 Å². The second kappa shape index (κ2) is 4.35. The van der Waals surface area contributed by atoms with Gasteiger partial charge in [-0.25, -0.2) is 0 Å². The highest BCUT2D eigenvalue weighted by Gasteiger charge is 1.99. The molecule has 77 valence electrons. The van der Waals surface area contributed by atoms with Gasteiger partial charge in [0.15, 0.2) is 0 Å². The van der Waals surface area contributed by atoms with Crippen LogP contribution in [0.4, 0.5) is 0 Å². The molecule has 0 amide bonds. The first-order valence-corrected chi connectivity index (χ1v) is 5.29. The number of hydrogen-bond donors (Lipinski definition) is 0. The Morgan fingerprint density at radius 3 is 2.73 bits per heavy atom. The number of benzene rings is 2. The first kappa shape index (κ1) is 10.0. The van der Waals surface area contributed by atoms with Gasteiger partial charge in [-0.15, -0.1) is 0 Å². The van der Waals surface area contributed by atoms with Crippen molar-refractivity contribution in [1.82, 2.24) is 0 Å². The molecular weight excluding hydrogens is 184 g/mol. The Hall–Kier alpha value is -1.50. The van der Waals surface area contributed by atoms with Gasteiger partial charge in [-0.05, 0) is 22.8 Å². The summed E-state index contributed by atoms with van der Waals surface area (Å²) in [5.74, 6) is 1.38. The van der Waals surface area contributed by atoms with Gasteiger partial charge in [-0.2, -0.15) is 0 Å². The van der Waals surface area contributed by atoms with Crippen molar-refractivity contribution in [2.24, 2.45) is 5.92 Å². The minimum Gasteiger partial charge on any atom is -0.493 e. The largest absolute Gasteiger partial charge is 0.493 e. The molecule has 0 aliphatic rings. The lowest BCUT2D eigenvalue weighted by molar-refractivity contribution is 0.271. The molecule has 1 nitrogen and oxygen atoms in total. The molecule has 0 atom stereocenters. The maximum atomic E-state index is 5.62. The molecule has 15 heavy (non-hydrogen) atoms. The van der Waals surface area contributed by atoms with Crippen LogP contribution in [0.2, 0.25) is 0 Å². The Morgan fingerprint density at radius 1 is 1.13 bits per heavy atom. The first-order valence-electron chi connectivity index (χ1n) is 5.29. The van der Waals surface area contributed by atoms with Crippen LogP contribution in [0, 0.1) is 12.0 Å². The lowest BCUT2D eigenvalue weighted by Gasteiger charge is -2.08. The average molecular weight is 199 g/mol. The maximum absolute atomic E-state index is 5.62. The van der Waals surface area contributed by atoms with Crippen molar-refractivity contribution in [2.75, 3.05) is 6.61 Å². The number of ether oxygens (including phenoxy) is 1. The molecule has 1 radical (unpaired) electrons. The SMILES string of the molecule is CC(C)COc1[c]c2ccccc2cc1. The third kappa shape index (κ3) is 2.50. The predicted molar refractivity (Wildman–Crippen MR) is 63.1 cm³/mol. The summed E-state index contributed by atoms with van der Waals surface area (Å²) in [6.45, 7) is 5.02. The zero-order valence-electron chi connectivity index (χ0n) is 9.16. The molecule has 0 unspecified atom stereocenters. The summed E-state index contributed by atoms with van der Waals surface area (Å²) >= 11 is 0. The normalized spacial score (nSPS) is 10.9. The van der Waals surface area contributed by atoms with Crippen molar-refractivity contribution in [3.63, 3.8) is 0 Å². The quantitative estimate of drug-likeness (QED) is 0.732. The molecule has 2 aromatic carbocycles. The van der Waals surface area contributed by atoms with E-state index in [2.05, 4.69) is 38.1 Å². The lowest BCUT2D eigenvalue weighted by Crippen LogP contribution is -2.04. The van der Waals surface area contributed by atoms with Crippen LogP contribution in [-0.2, 0) is 0 Å². The molecule has 0 saturated heterocycles. The third-order valence-electron chi connectivity index (χ3n) is 2.21. The van der Waals surface area contributed by atoms with Gasteiger partial charge in [0, 0.05) is 6.07 Å². The summed E-state index contributed by atoms with van der Waals surface area (Å²) < 4.78 is 5.62. The molecule has 2 rings (SSSR count). The zero-order chi connectivity index (χ0) is 10.7. The van der Waals surface area contributed by atoms with Gasteiger partial charge in [-0.1, -0.05) is 44.2 Å². The van der Waals surface area contributed by atoms with E-state index < -0.39 is 0 Å². The Balaban J connectivity index is 2.23. The standard InChI is InChI=1S/C14H15O/c1-11(2)10-15-14-8-7-12-5-3-4-6-13(12)9-14/h3-8,11H,10H2,1-2H3. The van der Waals surface area contributed by atoms with E-state index in [-0.39, 0.29) is 0 Å². The van der Waals surface area contributed by atoms with E-state index in [1.54, 1.807) is 0 Å². The monoisotopic (exact) mass is 199 g/mol. The summed E-state index contributed by atoms with van der Waals surface area (Å²) in [6.07, 6.45) is 0. The van der Waals surface area contributed by atoms with Crippen LogP contribution in [0.25, 0.3) is 10.8 Å². The van der Waals surface area contributed by atoms with Crippen LogP contribution >= 0.6 is 0 Å². The van der Waals surface area contributed by atoms with Gasteiger partial charge in [0.25, 0.3) is 0 Å².